The van der Waals surface area contributed by atoms with Crippen molar-refractivity contribution < 1.29 is 9.53 Å². The van der Waals surface area contributed by atoms with Crippen molar-refractivity contribution in [2.45, 2.75) is 13.0 Å². The van der Waals surface area contributed by atoms with E-state index in [0.29, 0.717) is 12.3 Å². The van der Waals surface area contributed by atoms with Crippen molar-refractivity contribution in [2.75, 3.05) is 6.54 Å². The number of para-hydroxylation sites is 1. The standard InChI is InChI=1S/C10H14N2O2/c1-7(13)14-10-5-3-2-4-8(10)9(12)6-11/h2-5,9H,6,11-12H2,1H3/t9-/m0/s1. The molecule has 1 aromatic rings. The maximum Gasteiger partial charge on any atom is 0.308 e. The summed E-state index contributed by atoms with van der Waals surface area (Å²) in [5.74, 6) is 0.125. The van der Waals surface area contributed by atoms with Crippen LogP contribution in [0, 0.1) is 0 Å². The fourth-order valence-electron chi connectivity index (χ4n) is 1.16. The summed E-state index contributed by atoms with van der Waals surface area (Å²) in [6, 6.07) is 6.82. The van der Waals surface area contributed by atoms with E-state index < -0.39 is 0 Å². The van der Waals surface area contributed by atoms with Gasteiger partial charge < -0.3 is 16.2 Å². The first-order valence-electron chi connectivity index (χ1n) is 4.38. The van der Waals surface area contributed by atoms with Gasteiger partial charge in [0.15, 0.2) is 0 Å². The molecule has 0 aliphatic heterocycles. The van der Waals surface area contributed by atoms with Gasteiger partial charge in [-0.2, -0.15) is 0 Å². The molecule has 0 saturated heterocycles. The number of hydrogen-bond acceptors (Lipinski definition) is 4. The maximum atomic E-state index is 10.8. The molecule has 1 atom stereocenters. The number of carbonyl (C=O) groups is 1. The van der Waals surface area contributed by atoms with Crippen LogP contribution in [0.1, 0.15) is 18.5 Å². The number of rotatable bonds is 3. The molecule has 4 N–H and O–H groups in total. The van der Waals surface area contributed by atoms with Gasteiger partial charge >= 0.3 is 5.97 Å². The van der Waals surface area contributed by atoms with Gasteiger partial charge in [0.1, 0.15) is 5.75 Å². The summed E-state index contributed by atoms with van der Waals surface area (Å²) in [7, 11) is 0. The second-order valence-corrected chi connectivity index (χ2v) is 2.97. The molecule has 0 spiro atoms. The number of hydrogen-bond donors (Lipinski definition) is 2. The lowest BCUT2D eigenvalue weighted by molar-refractivity contribution is -0.131. The van der Waals surface area contributed by atoms with E-state index in [2.05, 4.69) is 0 Å². The predicted octanol–water partition coefficient (Wildman–Crippen LogP) is 0.570. The number of ether oxygens (including phenoxy) is 1. The Morgan fingerprint density at radius 3 is 2.71 bits per heavy atom. The van der Waals surface area contributed by atoms with E-state index in [9.17, 15) is 4.79 Å². The van der Waals surface area contributed by atoms with Crippen molar-refractivity contribution in [3.63, 3.8) is 0 Å². The van der Waals surface area contributed by atoms with Crippen LogP contribution in [0.15, 0.2) is 24.3 Å². The van der Waals surface area contributed by atoms with Crippen LogP contribution in [-0.4, -0.2) is 12.5 Å². The second kappa shape index (κ2) is 4.74. The highest BCUT2D eigenvalue weighted by Crippen LogP contribution is 2.22. The molecule has 0 heterocycles. The quantitative estimate of drug-likeness (QED) is 0.544. The molecule has 0 aliphatic carbocycles. The SMILES string of the molecule is CC(=O)Oc1ccccc1[C@@H](N)CN. The lowest BCUT2D eigenvalue weighted by atomic mass is 10.1. The zero-order chi connectivity index (χ0) is 10.6. The fourth-order valence-corrected chi connectivity index (χ4v) is 1.16. The zero-order valence-electron chi connectivity index (χ0n) is 8.07. The van der Waals surface area contributed by atoms with E-state index in [1.54, 1.807) is 18.2 Å². The summed E-state index contributed by atoms with van der Waals surface area (Å²) in [6.07, 6.45) is 0. The van der Waals surface area contributed by atoms with E-state index in [4.69, 9.17) is 16.2 Å². The second-order valence-electron chi connectivity index (χ2n) is 2.97. The van der Waals surface area contributed by atoms with E-state index in [-0.39, 0.29) is 12.0 Å². The third-order valence-corrected chi connectivity index (χ3v) is 1.83. The normalized spacial score (nSPS) is 12.2. The fraction of sp³-hybridized carbons (Fsp3) is 0.300. The molecular weight excluding hydrogens is 180 g/mol. The highest BCUT2D eigenvalue weighted by atomic mass is 16.5. The number of esters is 1. The van der Waals surface area contributed by atoms with Gasteiger partial charge in [0, 0.05) is 25.1 Å². The van der Waals surface area contributed by atoms with Gasteiger partial charge in [-0.05, 0) is 6.07 Å². The van der Waals surface area contributed by atoms with Crippen LogP contribution in [0.25, 0.3) is 0 Å². The average Bonchev–Trinajstić information content (AvgIpc) is 2.16. The number of carbonyl (C=O) groups excluding carboxylic acids is 1. The van der Waals surface area contributed by atoms with Gasteiger partial charge in [0.05, 0.1) is 0 Å². The molecule has 4 nitrogen and oxygen atoms in total. The van der Waals surface area contributed by atoms with Crippen molar-refractivity contribution >= 4 is 5.97 Å². The first-order chi connectivity index (χ1) is 6.65. The van der Waals surface area contributed by atoms with E-state index >= 15 is 0 Å². The Bertz CT molecular complexity index is 326. The van der Waals surface area contributed by atoms with Crippen LogP contribution >= 0.6 is 0 Å². The van der Waals surface area contributed by atoms with Crippen LogP contribution in [0.3, 0.4) is 0 Å². The summed E-state index contributed by atoms with van der Waals surface area (Å²) in [5.41, 5.74) is 11.9. The smallest absolute Gasteiger partial charge is 0.308 e. The van der Waals surface area contributed by atoms with Crippen molar-refractivity contribution in [3.8, 4) is 5.75 Å². The largest absolute Gasteiger partial charge is 0.426 e. The molecule has 1 rings (SSSR count). The molecule has 14 heavy (non-hydrogen) atoms. The van der Waals surface area contributed by atoms with Crippen molar-refractivity contribution in [3.05, 3.63) is 29.8 Å². The minimum Gasteiger partial charge on any atom is -0.426 e. The summed E-state index contributed by atoms with van der Waals surface area (Å²) in [6.45, 7) is 1.67. The topological polar surface area (TPSA) is 78.3 Å². The van der Waals surface area contributed by atoms with Gasteiger partial charge in [-0.25, -0.2) is 0 Å². The molecule has 4 heteroatoms. The highest BCUT2D eigenvalue weighted by Gasteiger charge is 2.10. The molecular formula is C10H14N2O2. The molecule has 76 valence electrons. The first-order valence-corrected chi connectivity index (χ1v) is 4.38. The zero-order valence-corrected chi connectivity index (χ0v) is 8.07. The summed E-state index contributed by atoms with van der Waals surface area (Å²) in [5, 5.41) is 0. The highest BCUT2D eigenvalue weighted by molar-refractivity contribution is 5.69. The Hall–Kier alpha value is -1.39. The van der Waals surface area contributed by atoms with Crippen LogP contribution in [-0.2, 0) is 4.79 Å². The predicted molar refractivity (Wildman–Crippen MR) is 53.7 cm³/mol. The Labute approximate surface area is 82.8 Å². The lowest BCUT2D eigenvalue weighted by Gasteiger charge is -2.13. The van der Waals surface area contributed by atoms with Gasteiger partial charge in [-0.3, -0.25) is 4.79 Å². The third-order valence-electron chi connectivity index (χ3n) is 1.83. The van der Waals surface area contributed by atoms with Crippen LogP contribution in [0.5, 0.6) is 5.75 Å². The Morgan fingerprint density at radius 1 is 1.50 bits per heavy atom. The minimum absolute atomic E-state index is 0.300. The molecule has 0 radical (unpaired) electrons. The molecule has 0 unspecified atom stereocenters. The number of nitrogens with two attached hydrogens (primary N) is 2. The molecule has 0 aliphatic rings. The molecule has 1 aromatic carbocycles. The van der Waals surface area contributed by atoms with Crippen molar-refractivity contribution in [2.24, 2.45) is 11.5 Å². The summed E-state index contributed by atoms with van der Waals surface area (Å²) in [4.78, 5) is 10.8. The first kappa shape index (κ1) is 10.7. The molecule has 0 bridgehead atoms. The van der Waals surface area contributed by atoms with Crippen LogP contribution in [0.4, 0.5) is 0 Å². The molecule has 0 saturated carbocycles. The van der Waals surface area contributed by atoms with E-state index in [1.165, 1.54) is 6.92 Å². The number of benzene rings is 1. The van der Waals surface area contributed by atoms with Crippen LogP contribution in [0.2, 0.25) is 0 Å². The monoisotopic (exact) mass is 194 g/mol. The van der Waals surface area contributed by atoms with Gasteiger partial charge in [0.2, 0.25) is 0 Å². The Kier molecular flexibility index (Phi) is 3.62. The maximum absolute atomic E-state index is 10.8. The van der Waals surface area contributed by atoms with Gasteiger partial charge in [-0.15, -0.1) is 0 Å². The lowest BCUT2D eigenvalue weighted by Crippen LogP contribution is -2.21. The molecule has 0 fully saturated rings. The third kappa shape index (κ3) is 2.55. The summed E-state index contributed by atoms with van der Waals surface area (Å²) < 4.78 is 4.99. The summed E-state index contributed by atoms with van der Waals surface area (Å²) >= 11 is 0. The average molecular weight is 194 g/mol. The van der Waals surface area contributed by atoms with E-state index in [1.807, 2.05) is 6.07 Å². The van der Waals surface area contributed by atoms with Crippen molar-refractivity contribution in [1.82, 2.24) is 0 Å². The minimum atomic E-state index is -0.360. The van der Waals surface area contributed by atoms with Crippen LogP contribution < -0.4 is 16.2 Å². The van der Waals surface area contributed by atoms with E-state index in [0.717, 1.165) is 5.56 Å². The Morgan fingerprint density at radius 2 is 2.14 bits per heavy atom. The Balaban J connectivity index is 2.96. The van der Waals surface area contributed by atoms with Gasteiger partial charge in [0.25, 0.3) is 0 Å². The molecule has 0 amide bonds. The van der Waals surface area contributed by atoms with Gasteiger partial charge in [-0.1, -0.05) is 18.2 Å². The van der Waals surface area contributed by atoms with Crippen molar-refractivity contribution in [1.29, 1.82) is 0 Å². The molecule has 0 aromatic heterocycles.